The third kappa shape index (κ3) is 3.15. The second kappa shape index (κ2) is 5.65. The molecule has 1 heterocycles. The third-order valence-electron chi connectivity index (χ3n) is 1.65. The molecule has 0 spiro atoms. The van der Waals surface area contributed by atoms with Gasteiger partial charge in [0.05, 0.1) is 6.10 Å². The molecule has 1 aliphatic heterocycles. The van der Waals surface area contributed by atoms with Crippen LogP contribution in [0.3, 0.4) is 0 Å². The second-order valence-electron chi connectivity index (χ2n) is 2.44. The fraction of sp³-hybridized carbons (Fsp3) is 1.00. The van der Waals surface area contributed by atoms with Crippen molar-refractivity contribution < 1.29 is 11.6 Å². The van der Waals surface area contributed by atoms with Gasteiger partial charge in [0, 0.05) is 14.6 Å². The Kier molecular flexibility index (Phi) is 5.58. The van der Waals surface area contributed by atoms with Crippen molar-refractivity contribution in [1.29, 1.82) is 0 Å². The van der Waals surface area contributed by atoms with Crippen LogP contribution in [-0.4, -0.2) is 31.3 Å². The summed E-state index contributed by atoms with van der Waals surface area (Å²) in [6.07, 6.45) is 2.99. The molecule has 1 aliphatic rings. The van der Waals surface area contributed by atoms with E-state index >= 15 is 0 Å². The first kappa shape index (κ1) is 9.88. The summed E-state index contributed by atoms with van der Waals surface area (Å²) in [4.78, 5) is 0. The molecular weight excluding hydrogens is 130 g/mol. The Balaban J connectivity index is 0. The van der Waals surface area contributed by atoms with Crippen LogP contribution in [0.15, 0.2) is 0 Å². The molecule has 1 unspecified atom stereocenters. The Morgan fingerprint density at radius 3 is 3.00 bits per heavy atom. The molecule has 64 valence electrons. The predicted octanol–water partition coefficient (Wildman–Crippen LogP) is 0.196. The van der Waals surface area contributed by atoms with Gasteiger partial charge < -0.3 is 15.5 Å². The van der Waals surface area contributed by atoms with Crippen molar-refractivity contribution in [1.82, 2.24) is 5.32 Å². The quantitative estimate of drug-likeness (QED) is 0.623. The molecule has 0 aromatic heterocycles. The van der Waals surface area contributed by atoms with Crippen LogP contribution in [0.25, 0.3) is 0 Å². The molecule has 1 saturated heterocycles. The van der Waals surface area contributed by atoms with Crippen LogP contribution in [-0.2, 0) is 4.74 Å². The van der Waals surface area contributed by atoms with E-state index in [2.05, 4.69) is 12.2 Å². The zero-order chi connectivity index (χ0) is 6.53. The smallest absolute Gasteiger partial charge is 0.0700 e. The minimum absolute atomic E-state index is 0. The molecule has 0 aromatic carbocycles. The van der Waals surface area contributed by atoms with E-state index in [0.717, 1.165) is 19.7 Å². The maximum absolute atomic E-state index is 5.39. The van der Waals surface area contributed by atoms with Crippen LogP contribution in [0.4, 0.5) is 0 Å². The van der Waals surface area contributed by atoms with Crippen molar-refractivity contribution in [2.75, 3.05) is 19.7 Å². The van der Waals surface area contributed by atoms with Crippen LogP contribution < -0.4 is 5.32 Å². The van der Waals surface area contributed by atoms with E-state index in [1.165, 1.54) is 12.8 Å². The van der Waals surface area contributed by atoms with E-state index < -0.39 is 0 Å². The molecular formula is C7H19NO2. The van der Waals surface area contributed by atoms with Gasteiger partial charge >= 0.3 is 0 Å². The van der Waals surface area contributed by atoms with Gasteiger partial charge in [0.25, 0.3) is 0 Å². The summed E-state index contributed by atoms with van der Waals surface area (Å²) >= 11 is 0. The van der Waals surface area contributed by atoms with Crippen molar-refractivity contribution >= 4 is 0 Å². The SMILES string of the molecule is CCNCC1CCCO1.O.[HH]. The minimum Gasteiger partial charge on any atom is -0.412 e. The fourth-order valence-corrected chi connectivity index (χ4v) is 1.11. The lowest BCUT2D eigenvalue weighted by atomic mass is 10.2. The summed E-state index contributed by atoms with van der Waals surface area (Å²) in [6.45, 7) is 5.18. The summed E-state index contributed by atoms with van der Waals surface area (Å²) < 4.78 is 5.39. The Labute approximate surface area is 63.6 Å². The molecule has 0 bridgehead atoms. The average molecular weight is 149 g/mol. The summed E-state index contributed by atoms with van der Waals surface area (Å²) in [5, 5.41) is 3.27. The van der Waals surface area contributed by atoms with Gasteiger partial charge in [-0.3, -0.25) is 0 Å². The maximum Gasteiger partial charge on any atom is 0.0700 e. The van der Waals surface area contributed by atoms with Crippen molar-refractivity contribution in [3.8, 4) is 0 Å². The third-order valence-corrected chi connectivity index (χ3v) is 1.65. The molecule has 0 aromatic rings. The largest absolute Gasteiger partial charge is 0.412 e. The van der Waals surface area contributed by atoms with Gasteiger partial charge in [-0.25, -0.2) is 0 Å². The maximum atomic E-state index is 5.39. The summed E-state index contributed by atoms with van der Waals surface area (Å²) in [5.74, 6) is 0. The number of hydrogen-bond acceptors (Lipinski definition) is 2. The Morgan fingerprint density at radius 2 is 2.50 bits per heavy atom. The van der Waals surface area contributed by atoms with E-state index in [1.54, 1.807) is 0 Å². The highest BCUT2D eigenvalue weighted by molar-refractivity contribution is 4.66. The Morgan fingerprint density at radius 1 is 1.70 bits per heavy atom. The fourth-order valence-electron chi connectivity index (χ4n) is 1.11. The summed E-state index contributed by atoms with van der Waals surface area (Å²) in [5.41, 5.74) is 0. The molecule has 0 radical (unpaired) electrons. The molecule has 3 heteroatoms. The van der Waals surface area contributed by atoms with Gasteiger partial charge in [-0.2, -0.15) is 0 Å². The topological polar surface area (TPSA) is 52.8 Å². The van der Waals surface area contributed by atoms with Gasteiger partial charge in [-0.1, -0.05) is 6.92 Å². The summed E-state index contributed by atoms with van der Waals surface area (Å²) in [7, 11) is 0. The van der Waals surface area contributed by atoms with Crippen LogP contribution in [0.5, 0.6) is 0 Å². The number of rotatable bonds is 3. The van der Waals surface area contributed by atoms with E-state index in [4.69, 9.17) is 4.74 Å². The van der Waals surface area contributed by atoms with Crippen molar-refractivity contribution in [3.05, 3.63) is 0 Å². The van der Waals surface area contributed by atoms with Crippen LogP contribution in [0.2, 0.25) is 0 Å². The van der Waals surface area contributed by atoms with Crippen LogP contribution >= 0.6 is 0 Å². The summed E-state index contributed by atoms with van der Waals surface area (Å²) in [6, 6.07) is 0. The molecule has 10 heavy (non-hydrogen) atoms. The average Bonchev–Trinajstić information content (AvgIpc) is 2.34. The van der Waals surface area contributed by atoms with Crippen molar-refractivity contribution in [3.63, 3.8) is 0 Å². The van der Waals surface area contributed by atoms with E-state index in [9.17, 15) is 0 Å². The van der Waals surface area contributed by atoms with Crippen molar-refractivity contribution in [2.24, 2.45) is 0 Å². The highest BCUT2D eigenvalue weighted by Crippen LogP contribution is 2.09. The van der Waals surface area contributed by atoms with E-state index in [1.807, 2.05) is 0 Å². The zero-order valence-electron chi connectivity index (χ0n) is 6.52. The normalized spacial score (nSPS) is 24.3. The Hall–Kier alpha value is -0.120. The molecule has 1 rings (SSSR count). The first-order valence-corrected chi connectivity index (χ1v) is 3.76. The van der Waals surface area contributed by atoms with E-state index in [0.29, 0.717) is 6.10 Å². The molecule has 0 amide bonds. The minimum atomic E-state index is 0. The van der Waals surface area contributed by atoms with E-state index in [-0.39, 0.29) is 6.90 Å². The molecule has 0 saturated carbocycles. The van der Waals surface area contributed by atoms with Gasteiger partial charge in [0.15, 0.2) is 0 Å². The molecule has 1 fully saturated rings. The number of hydrogen-bond donors (Lipinski definition) is 1. The molecule has 3 N–H and O–H groups in total. The number of likely N-dealkylation sites (N-methyl/N-ethyl adjacent to an activating group) is 1. The first-order chi connectivity index (χ1) is 4.43. The van der Waals surface area contributed by atoms with Crippen LogP contribution in [0.1, 0.15) is 21.2 Å². The van der Waals surface area contributed by atoms with Crippen molar-refractivity contribution in [2.45, 2.75) is 25.9 Å². The molecule has 3 nitrogen and oxygen atoms in total. The highest BCUT2D eigenvalue weighted by Gasteiger charge is 2.13. The first-order valence-electron chi connectivity index (χ1n) is 3.76. The standard InChI is InChI=1S/C7H15NO.H2O.H2/c1-2-8-6-7-4-3-5-9-7;;/h7-8H,2-6H2,1H3;1H2;1H. The highest BCUT2D eigenvalue weighted by atomic mass is 16.5. The second-order valence-corrected chi connectivity index (χ2v) is 2.44. The van der Waals surface area contributed by atoms with Gasteiger partial charge in [-0.05, 0) is 19.4 Å². The number of ether oxygens (including phenoxy) is 1. The zero-order valence-corrected chi connectivity index (χ0v) is 6.52. The Bertz CT molecular complexity index is 76.8. The number of nitrogens with one attached hydrogen (secondary N) is 1. The monoisotopic (exact) mass is 149 g/mol. The van der Waals surface area contributed by atoms with Gasteiger partial charge in [0.2, 0.25) is 0 Å². The van der Waals surface area contributed by atoms with Crippen LogP contribution in [0, 0.1) is 0 Å². The lowest BCUT2D eigenvalue weighted by molar-refractivity contribution is 0.110. The van der Waals surface area contributed by atoms with Gasteiger partial charge in [-0.15, -0.1) is 0 Å². The lowest BCUT2D eigenvalue weighted by Gasteiger charge is -2.07. The lowest BCUT2D eigenvalue weighted by Crippen LogP contribution is -2.25. The molecule has 1 atom stereocenters. The predicted molar refractivity (Wildman–Crippen MR) is 43.2 cm³/mol. The molecule has 0 aliphatic carbocycles. The van der Waals surface area contributed by atoms with Gasteiger partial charge in [0.1, 0.15) is 0 Å².